The van der Waals surface area contributed by atoms with E-state index in [1.54, 1.807) is 19.0 Å². The number of morpholine rings is 1. The Balaban J connectivity index is 1.85. The van der Waals surface area contributed by atoms with E-state index in [4.69, 9.17) is 14.2 Å². The Labute approximate surface area is 194 Å². The largest absolute Gasteiger partial charge is 0.493 e. The molecule has 0 aromatic heterocycles. The number of carbonyl (C=O) groups excluding carboxylic acids is 2. The third-order valence-corrected chi connectivity index (χ3v) is 7.68. The van der Waals surface area contributed by atoms with Crippen molar-refractivity contribution in [1.82, 2.24) is 19.0 Å². The Hall–Kier alpha value is -2.41. The summed E-state index contributed by atoms with van der Waals surface area (Å²) in [5.74, 6) is 0.0176. The highest BCUT2D eigenvalue weighted by molar-refractivity contribution is 7.89. The fourth-order valence-corrected chi connectivity index (χ4v) is 5.25. The van der Waals surface area contributed by atoms with Crippen molar-refractivity contribution in [2.75, 3.05) is 87.3 Å². The summed E-state index contributed by atoms with van der Waals surface area (Å²) in [6, 6.07) is 2.74. The van der Waals surface area contributed by atoms with E-state index in [0.717, 1.165) is 0 Å². The van der Waals surface area contributed by atoms with Gasteiger partial charge < -0.3 is 24.0 Å². The van der Waals surface area contributed by atoms with E-state index in [1.165, 1.54) is 35.6 Å². The van der Waals surface area contributed by atoms with Gasteiger partial charge in [-0.2, -0.15) is 4.31 Å². The first-order chi connectivity index (χ1) is 15.7. The molecule has 1 aromatic carbocycles. The van der Waals surface area contributed by atoms with Crippen LogP contribution in [-0.2, 0) is 19.6 Å². The summed E-state index contributed by atoms with van der Waals surface area (Å²) in [6.07, 6.45) is 0. The molecule has 2 heterocycles. The quantitative estimate of drug-likeness (QED) is 0.513. The number of ether oxygens (including phenoxy) is 3. The van der Waals surface area contributed by atoms with Crippen LogP contribution in [0.4, 0.5) is 0 Å². The maximum absolute atomic E-state index is 13.4. The van der Waals surface area contributed by atoms with Crippen molar-refractivity contribution in [3.05, 3.63) is 17.7 Å². The summed E-state index contributed by atoms with van der Waals surface area (Å²) in [5.41, 5.74) is 0.126. The molecular weight excluding hydrogens is 452 g/mol. The highest BCUT2D eigenvalue weighted by Gasteiger charge is 2.32. The van der Waals surface area contributed by atoms with Crippen molar-refractivity contribution in [1.29, 1.82) is 0 Å². The molecule has 0 aliphatic carbocycles. The molecule has 0 N–H and O–H groups in total. The van der Waals surface area contributed by atoms with Gasteiger partial charge in [-0.05, 0) is 6.07 Å². The normalized spacial score (nSPS) is 18.1. The molecule has 2 aliphatic heterocycles. The van der Waals surface area contributed by atoms with Crippen LogP contribution in [0.1, 0.15) is 10.4 Å². The Bertz CT molecular complexity index is 969. The number of hydrogen-bond acceptors (Lipinski definition) is 8. The summed E-state index contributed by atoms with van der Waals surface area (Å²) in [6.45, 7) is 3.31. The van der Waals surface area contributed by atoms with Crippen LogP contribution in [0.25, 0.3) is 0 Å². The second-order valence-electron chi connectivity index (χ2n) is 8.08. The number of nitrogens with zero attached hydrogens (tertiary/aromatic N) is 4. The molecule has 1 aromatic rings. The summed E-state index contributed by atoms with van der Waals surface area (Å²) < 4.78 is 43.8. The van der Waals surface area contributed by atoms with Crippen molar-refractivity contribution in [2.24, 2.45) is 0 Å². The van der Waals surface area contributed by atoms with Gasteiger partial charge in [-0.1, -0.05) is 0 Å². The Kier molecular flexibility index (Phi) is 8.16. The molecule has 184 valence electrons. The summed E-state index contributed by atoms with van der Waals surface area (Å²) >= 11 is 0. The average Bonchev–Trinajstić information content (AvgIpc) is 2.83. The lowest BCUT2D eigenvalue weighted by atomic mass is 10.1. The van der Waals surface area contributed by atoms with Gasteiger partial charge in [0, 0.05) is 59.4 Å². The van der Waals surface area contributed by atoms with Crippen LogP contribution in [0, 0.1) is 0 Å². The van der Waals surface area contributed by atoms with Gasteiger partial charge in [0.1, 0.15) is 0 Å². The topological polar surface area (TPSA) is 109 Å². The molecule has 3 rings (SSSR count). The van der Waals surface area contributed by atoms with E-state index in [-0.39, 0.29) is 46.9 Å². The van der Waals surface area contributed by atoms with Crippen molar-refractivity contribution < 1.29 is 32.2 Å². The molecule has 2 aliphatic rings. The fourth-order valence-electron chi connectivity index (χ4n) is 3.80. The van der Waals surface area contributed by atoms with Gasteiger partial charge in [-0.15, -0.1) is 0 Å². The van der Waals surface area contributed by atoms with Gasteiger partial charge >= 0.3 is 0 Å². The van der Waals surface area contributed by atoms with Gasteiger partial charge in [0.2, 0.25) is 15.9 Å². The first-order valence-corrected chi connectivity index (χ1v) is 12.2. The Morgan fingerprint density at radius 2 is 1.64 bits per heavy atom. The number of sulfonamides is 1. The van der Waals surface area contributed by atoms with Crippen LogP contribution >= 0.6 is 0 Å². The molecule has 0 unspecified atom stereocenters. The number of amides is 2. The minimum atomic E-state index is -3.84. The van der Waals surface area contributed by atoms with E-state index >= 15 is 0 Å². The molecule has 0 spiro atoms. The van der Waals surface area contributed by atoms with Gasteiger partial charge in [0.15, 0.2) is 11.5 Å². The average molecular weight is 485 g/mol. The van der Waals surface area contributed by atoms with Crippen molar-refractivity contribution in [3.63, 3.8) is 0 Å². The van der Waals surface area contributed by atoms with Crippen molar-refractivity contribution in [3.8, 4) is 11.5 Å². The predicted octanol–water partition coefficient (Wildman–Crippen LogP) is -0.429. The molecule has 12 heteroatoms. The lowest BCUT2D eigenvalue weighted by Crippen LogP contribution is -2.51. The van der Waals surface area contributed by atoms with Gasteiger partial charge in [0.25, 0.3) is 5.91 Å². The molecular formula is C21H32N4O7S. The van der Waals surface area contributed by atoms with Crippen LogP contribution in [0.5, 0.6) is 11.5 Å². The standard InChI is InChI=1S/C21H32N4O7S/c1-22(2)19(26)15-23-5-7-24(8-6-23)21(27)17-13-16(14-18(30-3)20(17)31-4)33(28,29)25-9-11-32-12-10-25/h13-14H,5-12,15H2,1-4H3. The van der Waals surface area contributed by atoms with Crippen LogP contribution < -0.4 is 9.47 Å². The monoisotopic (exact) mass is 484 g/mol. The van der Waals surface area contributed by atoms with E-state index in [1.807, 2.05) is 4.90 Å². The summed E-state index contributed by atoms with van der Waals surface area (Å²) in [4.78, 5) is 30.5. The van der Waals surface area contributed by atoms with E-state index < -0.39 is 10.0 Å². The van der Waals surface area contributed by atoms with Crippen molar-refractivity contribution >= 4 is 21.8 Å². The number of rotatable bonds is 7. The second-order valence-corrected chi connectivity index (χ2v) is 10.0. The van der Waals surface area contributed by atoms with Crippen LogP contribution in [0.2, 0.25) is 0 Å². The number of carbonyl (C=O) groups is 2. The third kappa shape index (κ3) is 5.57. The SMILES string of the molecule is COc1cc(S(=O)(=O)N2CCOCC2)cc(C(=O)N2CCN(CC(=O)N(C)C)CC2)c1OC. The number of likely N-dealkylation sites (N-methyl/N-ethyl adjacent to an activating group) is 1. The molecule has 2 amide bonds. The zero-order valence-electron chi connectivity index (χ0n) is 19.6. The minimum Gasteiger partial charge on any atom is -0.493 e. The Morgan fingerprint density at radius 1 is 1.00 bits per heavy atom. The maximum Gasteiger partial charge on any atom is 0.257 e. The zero-order chi connectivity index (χ0) is 24.2. The maximum atomic E-state index is 13.4. The molecule has 2 fully saturated rings. The van der Waals surface area contributed by atoms with Crippen LogP contribution in [-0.4, -0.2) is 127 Å². The third-order valence-electron chi connectivity index (χ3n) is 5.81. The van der Waals surface area contributed by atoms with Gasteiger partial charge in [0.05, 0.1) is 44.4 Å². The Morgan fingerprint density at radius 3 is 2.18 bits per heavy atom. The van der Waals surface area contributed by atoms with Gasteiger partial charge in [-0.3, -0.25) is 14.5 Å². The molecule has 0 radical (unpaired) electrons. The van der Waals surface area contributed by atoms with Crippen LogP contribution in [0.3, 0.4) is 0 Å². The molecule has 33 heavy (non-hydrogen) atoms. The molecule has 11 nitrogen and oxygen atoms in total. The highest BCUT2D eigenvalue weighted by Crippen LogP contribution is 2.36. The van der Waals surface area contributed by atoms with E-state index in [0.29, 0.717) is 45.9 Å². The molecule has 0 bridgehead atoms. The predicted molar refractivity (Wildman–Crippen MR) is 120 cm³/mol. The minimum absolute atomic E-state index is 0.00204. The zero-order valence-corrected chi connectivity index (χ0v) is 20.4. The van der Waals surface area contributed by atoms with Gasteiger partial charge in [-0.25, -0.2) is 8.42 Å². The first-order valence-electron chi connectivity index (χ1n) is 10.7. The lowest BCUT2D eigenvalue weighted by Gasteiger charge is -2.35. The molecule has 2 saturated heterocycles. The van der Waals surface area contributed by atoms with Crippen molar-refractivity contribution in [2.45, 2.75) is 4.90 Å². The smallest absolute Gasteiger partial charge is 0.257 e. The summed E-state index contributed by atoms with van der Waals surface area (Å²) in [5, 5.41) is 0. The lowest BCUT2D eigenvalue weighted by molar-refractivity contribution is -0.130. The highest BCUT2D eigenvalue weighted by atomic mass is 32.2. The number of benzene rings is 1. The number of methoxy groups -OCH3 is 2. The first kappa shape index (κ1) is 25.2. The molecule has 0 atom stereocenters. The fraction of sp³-hybridized carbons (Fsp3) is 0.619. The molecule has 0 saturated carbocycles. The summed E-state index contributed by atoms with van der Waals surface area (Å²) in [7, 11) is 2.39. The second kappa shape index (κ2) is 10.7. The van der Waals surface area contributed by atoms with E-state index in [9.17, 15) is 18.0 Å². The number of hydrogen-bond donors (Lipinski definition) is 0. The number of piperazine rings is 1. The van der Waals surface area contributed by atoms with E-state index in [2.05, 4.69) is 0 Å². The van der Waals surface area contributed by atoms with Crippen LogP contribution in [0.15, 0.2) is 17.0 Å².